The molecule has 204 valence electrons. The molecule has 0 radical (unpaired) electrons. The summed E-state index contributed by atoms with van der Waals surface area (Å²) in [6.07, 6.45) is 8.19. The lowest BCUT2D eigenvalue weighted by Gasteiger charge is -2.39. The van der Waals surface area contributed by atoms with Crippen LogP contribution in [0.15, 0.2) is 48.6 Å². The Hall–Kier alpha value is -2.68. The van der Waals surface area contributed by atoms with Crippen LogP contribution >= 0.6 is 11.6 Å². The van der Waals surface area contributed by atoms with Gasteiger partial charge in [-0.2, -0.15) is 0 Å². The summed E-state index contributed by atoms with van der Waals surface area (Å²) in [6, 6.07) is 5.40. The first-order valence-corrected chi connectivity index (χ1v) is 13.9. The predicted octanol–water partition coefficient (Wildman–Crippen LogP) is 3.04. The van der Waals surface area contributed by atoms with E-state index >= 15 is 0 Å². The van der Waals surface area contributed by atoms with Crippen LogP contribution in [-0.4, -0.2) is 82.7 Å². The van der Waals surface area contributed by atoms with Crippen molar-refractivity contribution < 1.29 is 24.2 Å². The van der Waals surface area contributed by atoms with Crippen LogP contribution in [0.1, 0.15) is 33.6 Å². The van der Waals surface area contributed by atoms with E-state index in [1.807, 2.05) is 45.1 Å². The Kier molecular flexibility index (Phi) is 7.42. The summed E-state index contributed by atoms with van der Waals surface area (Å²) in [5.41, 5.74) is -0.664. The average Bonchev–Trinajstić information content (AvgIpc) is 3.21. The van der Waals surface area contributed by atoms with Crippen molar-refractivity contribution in [2.45, 2.75) is 57.4 Å². The van der Waals surface area contributed by atoms with E-state index in [2.05, 4.69) is 0 Å². The number of benzene rings is 1. The summed E-state index contributed by atoms with van der Waals surface area (Å²) < 4.78 is 6.68. The van der Waals surface area contributed by atoms with Gasteiger partial charge >= 0.3 is 0 Å². The summed E-state index contributed by atoms with van der Waals surface area (Å²) in [4.78, 5) is 47.6. The first kappa shape index (κ1) is 26.9. The maximum atomic E-state index is 14.4. The number of hydrogen-bond donors (Lipinski definition) is 1. The summed E-state index contributed by atoms with van der Waals surface area (Å²) in [5, 5.41) is 11.0. The molecule has 1 N–H and O–H groups in total. The Labute approximate surface area is 228 Å². The van der Waals surface area contributed by atoms with Gasteiger partial charge in [0.1, 0.15) is 11.6 Å². The molecule has 5 rings (SSSR count). The third kappa shape index (κ3) is 4.27. The molecule has 9 heteroatoms. The number of anilines is 1. The summed E-state index contributed by atoms with van der Waals surface area (Å²) in [5.74, 6) is -2.15. The van der Waals surface area contributed by atoms with Crippen molar-refractivity contribution in [2.24, 2.45) is 17.8 Å². The molecule has 38 heavy (non-hydrogen) atoms. The number of nitrogens with zero attached hydrogens (tertiary/aromatic N) is 3. The second kappa shape index (κ2) is 10.5. The Morgan fingerprint density at radius 2 is 1.82 bits per heavy atom. The second-order valence-electron chi connectivity index (χ2n) is 11.1. The Morgan fingerprint density at radius 3 is 2.47 bits per heavy atom. The molecule has 2 saturated heterocycles. The minimum atomic E-state index is -1.32. The molecular formula is C29H36ClN3O5. The number of carbonyl (C=O) groups excluding carboxylic acids is 3. The molecule has 0 saturated carbocycles. The van der Waals surface area contributed by atoms with Gasteiger partial charge in [0.2, 0.25) is 11.8 Å². The smallest absolute Gasteiger partial charge is 0.253 e. The van der Waals surface area contributed by atoms with Gasteiger partial charge < -0.3 is 24.5 Å². The number of halogens is 1. The fourth-order valence-corrected chi connectivity index (χ4v) is 6.79. The molecule has 1 unspecified atom stereocenters. The van der Waals surface area contributed by atoms with Crippen molar-refractivity contribution in [3.8, 4) is 0 Å². The lowest BCUT2D eigenvalue weighted by Crippen LogP contribution is -2.58. The number of aliphatic hydroxyl groups excluding tert-OH is 1. The minimum Gasteiger partial charge on any atom is -0.394 e. The molecule has 2 fully saturated rings. The van der Waals surface area contributed by atoms with Crippen molar-refractivity contribution in [3.05, 3.63) is 53.6 Å². The van der Waals surface area contributed by atoms with Crippen LogP contribution in [0.25, 0.3) is 0 Å². The predicted molar refractivity (Wildman–Crippen MR) is 145 cm³/mol. The van der Waals surface area contributed by atoms with Gasteiger partial charge in [0, 0.05) is 30.3 Å². The van der Waals surface area contributed by atoms with Crippen molar-refractivity contribution in [1.29, 1.82) is 0 Å². The fourth-order valence-electron chi connectivity index (χ4n) is 6.67. The first-order valence-electron chi connectivity index (χ1n) is 13.5. The van der Waals surface area contributed by atoms with Crippen molar-refractivity contribution in [3.63, 3.8) is 0 Å². The van der Waals surface area contributed by atoms with Crippen molar-refractivity contribution >= 4 is 35.0 Å². The first-order chi connectivity index (χ1) is 18.2. The van der Waals surface area contributed by atoms with E-state index in [1.165, 1.54) is 4.90 Å². The van der Waals surface area contributed by atoms with E-state index in [0.29, 0.717) is 30.2 Å². The number of ether oxygens (including phenoxy) is 1. The molecule has 4 aliphatic rings. The highest BCUT2D eigenvalue weighted by Crippen LogP contribution is 2.54. The molecule has 4 heterocycles. The molecule has 6 atom stereocenters. The molecule has 4 aliphatic heterocycles. The third-order valence-corrected chi connectivity index (χ3v) is 8.41. The van der Waals surface area contributed by atoms with Crippen LogP contribution < -0.4 is 4.90 Å². The summed E-state index contributed by atoms with van der Waals surface area (Å²) in [6.45, 7) is 7.10. The number of fused-ring (bicyclic) bond motifs is 2. The molecule has 0 aliphatic carbocycles. The minimum absolute atomic E-state index is 0.123. The standard InChI is InChI=1S/C29H36ClN3O5/c1-4-13-31-14-5-7-22-23(26(31)35)24-27(36)33(21(17-34)16-18(2)3)25-28(37)32(15-6-12-29(24,25)38-22)20-10-8-19(30)9-11-20/h5-12,18,21-25,34H,4,13-17H2,1-3H3/t21-,22-,23+,24+,25?,29+/m1/s1. The highest BCUT2D eigenvalue weighted by atomic mass is 35.5. The summed E-state index contributed by atoms with van der Waals surface area (Å²) >= 11 is 6.10. The Balaban J connectivity index is 1.63. The zero-order chi connectivity index (χ0) is 27.2. The van der Waals surface area contributed by atoms with E-state index in [-0.39, 0.29) is 36.8 Å². The van der Waals surface area contributed by atoms with Gasteiger partial charge in [-0.25, -0.2) is 0 Å². The maximum absolute atomic E-state index is 14.4. The van der Waals surface area contributed by atoms with Crippen LogP contribution in [0.5, 0.6) is 0 Å². The Bertz CT molecular complexity index is 1150. The fraction of sp³-hybridized carbons (Fsp3) is 0.552. The highest BCUT2D eigenvalue weighted by molar-refractivity contribution is 6.30. The van der Waals surface area contributed by atoms with Gasteiger partial charge in [-0.1, -0.05) is 56.7 Å². The van der Waals surface area contributed by atoms with Gasteiger partial charge in [-0.3, -0.25) is 14.4 Å². The SMILES string of the molecule is CCCN1CC=C[C@H]2O[C@]34C=CCN(c5ccc(Cl)cc5)C(=O)C3N([C@@H](CO)CC(C)C)C(=O)[C@@H]4[C@H]2C1=O. The van der Waals surface area contributed by atoms with Gasteiger partial charge in [-0.05, 0) is 43.0 Å². The second-order valence-corrected chi connectivity index (χ2v) is 11.5. The molecule has 0 aromatic heterocycles. The van der Waals surface area contributed by atoms with Crippen molar-refractivity contribution in [1.82, 2.24) is 9.80 Å². The van der Waals surface area contributed by atoms with E-state index in [1.54, 1.807) is 34.1 Å². The normalized spacial score (nSPS) is 31.4. The van der Waals surface area contributed by atoms with Crippen LogP contribution in [-0.2, 0) is 19.1 Å². The summed E-state index contributed by atoms with van der Waals surface area (Å²) in [7, 11) is 0. The van der Waals surface area contributed by atoms with Gasteiger partial charge in [0.15, 0.2) is 0 Å². The number of rotatable bonds is 7. The Morgan fingerprint density at radius 1 is 1.08 bits per heavy atom. The maximum Gasteiger partial charge on any atom is 0.253 e. The monoisotopic (exact) mass is 541 g/mol. The topological polar surface area (TPSA) is 90.4 Å². The lowest BCUT2D eigenvalue weighted by atomic mass is 9.77. The molecular weight excluding hydrogens is 506 g/mol. The quantitative estimate of drug-likeness (QED) is 0.536. The third-order valence-electron chi connectivity index (χ3n) is 8.16. The van der Waals surface area contributed by atoms with E-state index < -0.39 is 35.6 Å². The largest absolute Gasteiger partial charge is 0.394 e. The molecule has 8 nitrogen and oxygen atoms in total. The molecule has 1 spiro atoms. The highest BCUT2D eigenvalue weighted by Gasteiger charge is 2.72. The number of amides is 3. The van der Waals surface area contributed by atoms with E-state index in [9.17, 15) is 19.5 Å². The number of aliphatic hydroxyl groups is 1. The van der Waals surface area contributed by atoms with E-state index in [4.69, 9.17) is 16.3 Å². The molecule has 1 aromatic rings. The zero-order valence-electron chi connectivity index (χ0n) is 22.1. The average molecular weight is 542 g/mol. The van der Waals surface area contributed by atoms with Gasteiger partial charge in [0.05, 0.1) is 30.6 Å². The molecule has 3 amide bonds. The molecule has 0 bridgehead atoms. The van der Waals surface area contributed by atoms with Crippen LogP contribution in [0, 0.1) is 17.8 Å². The number of likely N-dealkylation sites (tertiary alicyclic amines) is 1. The number of carbonyl (C=O) groups is 3. The zero-order valence-corrected chi connectivity index (χ0v) is 22.9. The molecule has 1 aromatic carbocycles. The number of hydrogen-bond acceptors (Lipinski definition) is 5. The van der Waals surface area contributed by atoms with Crippen molar-refractivity contribution in [2.75, 3.05) is 31.1 Å². The van der Waals surface area contributed by atoms with Crippen LogP contribution in [0.3, 0.4) is 0 Å². The van der Waals surface area contributed by atoms with Crippen LogP contribution in [0.4, 0.5) is 5.69 Å². The van der Waals surface area contributed by atoms with E-state index in [0.717, 1.165) is 6.42 Å². The van der Waals surface area contributed by atoms with Crippen LogP contribution in [0.2, 0.25) is 5.02 Å². The lowest BCUT2D eigenvalue weighted by molar-refractivity contribution is -0.147. The van der Waals surface area contributed by atoms with Gasteiger partial charge in [0.25, 0.3) is 5.91 Å². The van der Waals surface area contributed by atoms with Gasteiger partial charge in [-0.15, -0.1) is 0 Å².